The van der Waals surface area contributed by atoms with Crippen LogP contribution in [0.2, 0.25) is 0 Å². The first-order chi connectivity index (χ1) is 12.5. The Labute approximate surface area is 160 Å². The van der Waals surface area contributed by atoms with Gasteiger partial charge in [0.25, 0.3) is 5.91 Å². The van der Waals surface area contributed by atoms with E-state index in [9.17, 15) is 14.0 Å². The van der Waals surface area contributed by atoms with E-state index < -0.39 is 6.04 Å². The lowest BCUT2D eigenvalue weighted by molar-refractivity contribution is -0.125. The molecule has 1 saturated heterocycles. The minimum Gasteiger partial charge on any atom is -0.354 e. The summed E-state index contributed by atoms with van der Waals surface area (Å²) >= 11 is 3.38. The Morgan fingerprint density at radius 3 is 2.69 bits per heavy atom. The van der Waals surface area contributed by atoms with Crippen LogP contribution in [-0.2, 0) is 11.3 Å². The van der Waals surface area contributed by atoms with Crippen molar-refractivity contribution in [2.24, 2.45) is 0 Å². The Hall–Kier alpha value is -2.21. The van der Waals surface area contributed by atoms with Crippen LogP contribution >= 0.6 is 15.9 Å². The summed E-state index contributed by atoms with van der Waals surface area (Å²) in [5.41, 5.74) is 1.30. The van der Waals surface area contributed by atoms with E-state index in [4.69, 9.17) is 0 Å². The number of benzene rings is 2. The molecular formula is C20H20BrFN2O2. The maximum Gasteiger partial charge on any atom is 0.254 e. The normalized spacial score (nSPS) is 17.3. The first-order valence-corrected chi connectivity index (χ1v) is 9.42. The number of rotatable bonds is 4. The summed E-state index contributed by atoms with van der Waals surface area (Å²) in [5, 5.41) is 2.89. The molecule has 0 bridgehead atoms. The van der Waals surface area contributed by atoms with Crippen molar-refractivity contribution in [3.8, 4) is 0 Å². The van der Waals surface area contributed by atoms with Crippen LogP contribution in [0.4, 0.5) is 4.39 Å². The Bertz CT molecular complexity index is 795. The standard InChI is InChI=1S/C20H20BrFN2O2/c21-16-5-3-4-15(12-16)20(26)24(13-14-7-9-17(22)10-8-14)18-6-1-2-11-23-19(18)25/h3-5,7-10,12,18H,1-2,6,11,13H2,(H,23,25). The van der Waals surface area contributed by atoms with E-state index in [0.717, 1.165) is 22.9 Å². The number of hydrogen-bond acceptors (Lipinski definition) is 2. The van der Waals surface area contributed by atoms with Crippen LogP contribution in [0.3, 0.4) is 0 Å². The maximum atomic E-state index is 13.2. The van der Waals surface area contributed by atoms with Crippen LogP contribution < -0.4 is 5.32 Å². The molecule has 136 valence electrons. The van der Waals surface area contributed by atoms with Gasteiger partial charge in [0.15, 0.2) is 0 Å². The van der Waals surface area contributed by atoms with Gasteiger partial charge in [-0.15, -0.1) is 0 Å². The fraction of sp³-hybridized carbons (Fsp3) is 0.300. The van der Waals surface area contributed by atoms with E-state index in [1.807, 2.05) is 6.07 Å². The first kappa shape index (κ1) is 18.6. The number of hydrogen-bond donors (Lipinski definition) is 1. The lowest BCUT2D eigenvalue weighted by Crippen LogP contribution is -2.48. The molecule has 1 atom stereocenters. The lowest BCUT2D eigenvalue weighted by Gasteiger charge is -2.30. The van der Waals surface area contributed by atoms with E-state index in [2.05, 4.69) is 21.2 Å². The number of carbonyl (C=O) groups is 2. The first-order valence-electron chi connectivity index (χ1n) is 8.63. The predicted molar refractivity (Wildman–Crippen MR) is 101 cm³/mol. The van der Waals surface area contributed by atoms with Crippen LogP contribution in [0.5, 0.6) is 0 Å². The molecule has 1 unspecified atom stereocenters. The molecule has 0 aliphatic carbocycles. The van der Waals surface area contributed by atoms with Gasteiger partial charge in [-0.1, -0.05) is 34.1 Å². The summed E-state index contributed by atoms with van der Waals surface area (Å²) in [6.07, 6.45) is 2.39. The maximum absolute atomic E-state index is 13.2. The lowest BCUT2D eigenvalue weighted by atomic mass is 10.1. The van der Waals surface area contributed by atoms with E-state index >= 15 is 0 Å². The van der Waals surface area contributed by atoms with Crippen molar-refractivity contribution < 1.29 is 14.0 Å². The Kier molecular flexibility index (Phi) is 6.04. The Morgan fingerprint density at radius 2 is 1.96 bits per heavy atom. The summed E-state index contributed by atoms with van der Waals surface area (Å²) in [4.78, 5) is 27.3. The molecule has 1 fully saturated rings. The molecule has 2 aromatic rings. The van der Waals surface area contributed by atoms with Gasteiger partial charge in [0.1, 0.15) is 11.9 Å². The molecule has 6 heteroatoms. The third-order valence-corrected chi connectivity index (χ3v) is 4.97. The largest absolute Gasteiger partial charge is 0.354 e. The van der Waals surface area contributed by atoms with Crippen molar-refractivity contribution >= 4 is 27.7 Å². The molecular weight excluding hydrogens is 399 g/mol. The van der Waals surface area contributed by atoms with Crippen molar-refractivity contribution in [3.63, 3.8) is 0 Å². The van der Waals surface area contributed by atoms with E-state index in [-0.39, 0.29) is 24.2 Å². The van der Waals surface area contributed by atoms with Gasteiger partial charge < -0.3 is 10.2 Å². The SMILES string of the molecule is O=C1NCCCCC1N(Cc1ccc(F)cc1)C(=O)c1cccc(Br)c1. The predicted octanol–water partition coefficient (Wildman–Crippen LogP) is 3.90. The van der Waals surface area contributed by atoms with Crippen LogP contribution in [0.25, 0.3) is 0 Å². The molecule has 1 heterocycles. The molecule has 1 aliphatic rings. The zero-order valence-corrected chi connectivity index (χ0v) is 15.8. The Balaban J connectivity index is 1.93. The van der Waals surface area contributed by atoms with Crippen LogP contribution in [0.1, 0.15) is 35.2 Å². The smallest absolute Gasteiger partial charge is 0.254 e. The molecule has 0 aromatic heterocycles. The molecule has 4 nitrogen and oxygen atoms in total. The average molecular weight is 419 g/mol. The van der Waals surface area contributed by atoms with Crippen LogP contribution in [0.15, 0.2) is 53.0 Å². The van der Waals surface area contributed by atoms with Crippen LogP contribution in [0, 0.1) is 5.82 Å². The third kappa shape index (κ3) is 4.49. The number of amides is 2. The van der Waals surface area contributed by atoms with Gasteiger partial charge in [-0.05, 0) is 55.2 Å². The van der Waals surface area contributed by atoms with Gasteiger partial charge in [0.2, 0.25) is 5.91 Å². The van der Waals surface area contributed by atoms with Crippen molar-refractivity contribution in [3.05, 3.63) is 69.9 Å². The van der Waals surface area contributed by atoms with Gasteiger partial charge in [-0.2, -0.15) is 0 Å². The summed E-state index contributed by atoms with van der Waals surface area (Å²) in [6, 6.07) is 12.6. The minimum atomic E-state index is -0.533. The van der Waals surface area contributed by atoms with Gasteiger partial charge in [-0.3, -0.25) is 9.59 Å². The molecule has 2 amide bonds. The zero-order valence-electron chi connectivity index (χ0n) is 14.3. The second-order valence-corrected chi connectivity index (χ2v) is 7.29. The fourth-order valence-corrected chi connectivity index (χ4v) is 3.52. The number of nitrogens with zero attached hydrogens (tertiary/aromatic N) is 1. The average Bonchev–Trinajstić information content (AvgIpc) is 2.85. The summed E-state index contributed by atoms with van der Waals surface area (Å²) in [7, 11) is 0. The van der Waals surface area contributed by atoms with Gasteiger partial charge in [0, 0.05) is 23.1 Å². The van der Waals surface area contributed by atoms with Gasteiger partial charge in [-0.25, -0.2) is 4.39 Å². The molecule has 2 aromatic carbocycles. The number of nitrogens with one attached hydrogen (secondary N) is 1. The highest BCUT2D eigenvalue weighted by atomic mass is 79.9. The van der Waals surface area contributed by atoms with Crippen LogP contribution in [-0.4, -0.2) is 29.3 Å². The van der Waals surface area contributed by atoms with E-state index in [1.54, 1.807) is 35.2 Å². The van der Waals surface area contributed by atoms with E-state index in [0.29, 0.717) is 18.5 Å². The van der Waals surface area contributed by atoms with Gasteiger partial charge >= 0.3 is 0 Å². The van der Waals surface area contributed by atoms with Crippen molar-refractivity contribution in [2.45, 2.75) is 31.8 Å². The van der Waals surface area contributed by atoms with Crippen molar-refractivity contribution in [1.82, 2.24) is 10.2 Å². The number of halogens is 2. The Morgan fingerprint density at radius 1 is 1.19 bits per heavy atom. The summed E-state index contributed by atoms with van der Waals surface area (Å²) in [6.45, 7) is 0.883. The summed E-state index contributed by atoms with van der Waals surface area (Å²) < 4.78 is 14.0. The minimum absolute atomic E-state index is 0.132. The third-order valence-electron chi connectivity index (χ3n) is 4.48. The molecule has 26 heavy (non-hydrogen) atoms. The van der Waals surface area contributed by atoms with Gasteiger partial charge in [0.05, 0.1) is 0 Å². The van der Waals surface area contributed by atoms with Crippen molar-refractivity contribution in [1.29, 1.82) is 0 Å². The second kappa shape index (κ2) is 8.45. The number of carbonyl (C=O) groups excluding carboxylic acids is 2. The second-order valence-electron chi connectivity index (χ2n) is 6.37. The fourth-order valence-electron chi connectivity index (χ4n) is 3.12. The molecule has 0 saturated carbocycles. The zero-order chi connectivity index (χ0) is 18.5. The highest BCUT2D eigenvalue weighted by Gasteiger charge is 2.31. The quantitative estimate of drug-likeness (QED) is 0.818. The molecule has 0 radical (unpaired) electrons. The molecule has 1 N–H and O–H groups in total. The summed E-state index contributed by atoms with van der Waals surface area (Å²) in [5.74, 6) is -0.670. The topological polar surface area (TPSA) is 49.4 Å². The van der Waals surface area contributed by atoms with E-state index in [1.165, 1.54) is 12.1 Å². The highest BCUT2D eigenvalue weighted by Crippen LogP contribution is 2.21. The van der Waals surface area contributed by atoms with Crippen molar-refractivity contribution in [2.75, 3.05) is 6.54 Å². The highest BCUT2D eigenvalue weighted by molar-refractivity contribution is 9.10. The molecule has 1 aliphatic heterocycles. The molecule has 3 rings (SSSR count). The molecule has 0 spiro atoms. The monoisotopic (exact) mass is 418 g/mol.